The lowest BCUT2D eigenvalue weighted by Gasteiger charge is -2.38. The molecule has 1 aromatic carbocycles. The largest absolute Gasteiger partial charge is 0.480 e. The third-order valence-electron chi connectivity index (χ3n) is 3.48. The molecule has 0 amide bonds. The van der Waals surface area contributed by atoms with E-state index in [2.05, 4.69) is 5.32 Å². The highest BCUT2D eigenvalue weighted by Gasteiger charge is 2.32. The van der Waals surface area contributed by atoms with Crippen molar-refractivity contribution in [1.82, 2.24) is 10.2 Å². The Morgan fingerprint density at radius 1 is 1.53 bits per heavy atom. The number of halogens is 2. The number of hydrogen-bond donors (Lipinski definition) is 2. The molecular weight excluding hydrogens is 287 g/mol. The molecule has 1 fully saturated rings. The molecule has 104 valence electrons. The maximum absolute atomic E-state index is 11.3. The van der Waals surface area contributed by atoms with E-state index in [0.29, 0.717) is 23.1 Å². The van der Waals surface area contributed by atoms with Crippen LogP contribution in [0, 0.1) is 0 Å². The molecule has 1 aliphatic heterocycles. The van der Waals surface area contributed by atoms with Gasteiger partial charge < -0.3 is 10.4 Å². The van der Waals surface area contributed by atoms with Gasteiger partial charge in [0.1, 0.15) is 6.04 Å². The van der Waals surface area contributed by atoms with Crippen LogP contribution in [0.1, 0.15) is 18.5 Å². The van der Waals surface area contributed by atoms with E-state index in [4.69, 9.17) is 23.2 Å². The van der Waals surface area contributed by atoms with E-state index in [1.807, 2.05) is 11.8 Å². The highest BCUT2D eigenvalue weighted by Crippen LogP contribution is 2.31. The number of nitrogens with one attached hydrogen (secondary N) is 1. The standard InChI is InChI=1S/C13H16Cl2N2O2/c1-8(10-6-9(14)2-3-11(10)15)17-5-4-16-7-12(17)13(18)19/h2-3,6,8,12,16H,4-5,7H2,1H3,(H,18,19). The van der Waals surface area contributed by atoms with Crippen molar-refractivity contribution in [3.05, 3.63) is 33.8 Å². The summed E-state index contributed by atoms with van der Waals surface area (Å²) in [6, 6.07) is 4.64. The SMILES string of the molecule is CC(c1cc(Cl)ccc1Cl)N1CCNCC1C(=O)O. The number of hydrogen-bond acceptors (Lipinski definition) is 3. The number of benzene rings is 1. The first kappa shape index (κ1) is 14.6. The minimum absolute atomic E-state index is 0.0885. The van der Waals surface area contributed by atoms with Crippen LogP contribution in [-0.2, 0) is 4.79 Å². The lowest BCUT2D eigenvalue weighted by atomic mass is 10.0. The van der Waals surface area contributed by atoms with Gasteiger partial charge in [0, 0.05) is 35.7 Å². The Labute approximate surface area is 122 Å². The predicted molar refractivity (Wildman–Crippen MR) is 75.9 cm³/mol. The molecule has 2 atom stereocenters. The molecule has 0 aromatic heterocycles. The molecule has 0 aliphatic carbocycles. The van der Waals surface area contributed by atoms with Crippen LogP contribution in [0.25, 0.3) is 0 Å². The van der Waals surface area contributed by atoms with Gasteiger partial charge in [-0.2, -0.15) is 0 Å². The van der Waals surface area contributed by atoms with Crippen LogP contribution in [0.5, 0.6) is 0 Å². The van der Waals surface area contributed by atoms with Crippen LogP contribution in [-0.4, -0.2) is 41.7 Å². The van der Waals surface area contributed by atoms with Gasteiger partial charge in [0.25, 0.3) is 0 Å². The Morgan fingerprint density at radius 2 is 2.26 bits per heavy atom. The van der Waals surface area contributed by atoms with Crippen molar-refractivity contribution in [2.75, 3.05) is 19.6 Å². The predicted octanol–water partition coefficient (Wildman–Crippen LogP) is 2.41. The topological polar surface area (TPSA) is 52.6 Å². The number of aliphatic carboxylic acids is 1. The van der Waals surface area contributed by atoms with Crippen molar-refractivity contribution in [3.8, 4) is 0 Å². The lowest BCUT2D eigenvalue weighted by Crippen LogP contribution is -2.55. The summed E-state index contributed by atoms with van der Waals surface area (Å²) in [5.41, 5.74) is 0.863. The number of rotatable bonds is 3. The van der Waals surface area contributed by atoms with Crippen LogP contribution in [0.2, 0.25) is 10.0 Å². The molecule has 2 N–H and O–H groups in total. The first-order valence-corrected chi connectivity index (χ1v) is 6.90. The zero-order chi connectivity index (χ0) is 14.0. The highest BCUT2D eigenvalue weighted by atomic mass is 35.5. The van der Waals surface area contributed by atoms with E-state index in [0.717, 1.165) is 12.1 Å². The normalized spacial score (nSPS) is 22.2. The monoisotopic (exact) mass is 302 g/mol. The fourth-order valence-corrected chi connectivity index (χ4v) is 2.88. The third kappa shape index (κ3) is 3.20. The first-order valence-electron chi connectivity index (χ1n) is 6.15. The highest BCUT2D eigenvalue weighted by molar-refractivity contribution is 6.33. The van der Waals surface area contributed by atoms with E-state index in [9.17, 15) is 9.90 Å². The van der Waals surface area contributed by atoms with Crippen molar-refractivity contribution in [2.24, 2.45) is 0 Å². The van der Waals surface area contributed by atoms with Crippen molar-refractivity contribution in [1.29, 1.82) is 0 Å². The van der Waals surface area contributed by atoms with Crippen LogP contribution >= 0.6 is 23.2 Å². The fourth-order valence-electron chi connectivity index (χ4n) is 2.43. The van der Waals surface area contributed by atoms with Gasteiger partial charge in [-0.3, -0.25) is 9.69 Å². The Kier molecular flexibility index (Phi) is 4.68. The Morgan fingerprint density at radius 3 is 2.95 bits per heavy atom. The van der Waals surface area contributed by atoms with Crippen LogP contribution < -0.4 is 5.32 Å². The van der Waals surface area contributed by atoms with Crippen LogP contribution in [0.3, 0.4) is 0 Å². The Balaban J connectivity index is 2.28. The molecule has 0 saturated carbocycles. The summed E-state index contributed by atoms with van der Waals surface area (Å²) in [5.74, 6) is -0.822. The summed E-state index contributed by atoms with van der Waals surface area (Å²) in [4.78, 5) is 13.3. The smallest absolute Gasteiger partial charge is 0.322 e. The Bertz CT molecular complexity index is 482. The summed E-state index contributed by atoms with van der Waals surface area (Å²) in [6.07, 6.45) is 0. The minimum atomic E-state index is -0.822. The summed E-state index contributed by atoms with van der Waals surface area (Å²) in [7, 11) is 0. The molecule has 6 heteroatoms. The number of carboxylic acids is 1. The summed E-state index contributed by atoms with van der Waals surface area (Å²) in [6.45, 7) is 3.84. The molecule has 4 nitrogen and oxygen atoms in total. The van der Waals surface area contributed by atoms with Gasteiger partial charge in [-0.15, -0.1) is 0 Å². The maximum Gasteiger partial charge on any atom is 0.322 e. The van der Waals surface area contributed by atoms with Gasteiger partial charge in [-0.25, -0.2) is 0 Å². The van der Waals surface area contributed by atoms with Gasteiger partial charge in [0.15, 0.2) is 0 Å². The van der Waals surface area contributed by atoms with Crippen molar-refractivity contribution < 1.29 is 9.90 Å². The van der Waals surface area contributed by atoms with Gasteiger partial charge in [0.2, 0.25) is 0 Å². The van der Waals surface area contributed by atoms with Crippen LogP contribution in [0.4, 0.5) is 0 Å². The average Bonchev–Trinajstić information content (AvgIpc) is 2.40. The second-order valence-corrected chi connectivity index (χ2v) is 5.48. The van der Waals surface area contributed by atoms with Gasteiger partial charge in [0.05, 0.1) is 0 Å². The van der Waals surface area contributed by atoms with Crippen molar-refractivity contribution >= 4 is 29.2 Å². The number of nitrogens with zero attached hydrogens (tertiary/aromatic N) is 1. The lowest BCUT2D eigenvalue weighted by molar-refractivity contribution is -0.145. The summed E-state index contributed by atoms with van der Waals surface area (Å²) < 4.78 is 0. The molecule has 1 heterocycles. The molecule has 2 unspecified atom stereocenters. The molecule has 2 rings (SSSR count). The van der Waals surface area contributed by atoms with Crippen molar-refractivity contribution in [2.45, 2.75) is 19.0 Å². The van der Waals surface area contributed by atoms with Crippen molar-refractivity contribution in [3.63, 3.8) is 0 Å². The first-order chi connectivity index (χ1) is 9.00. The second-order valence-electron chi connectivity index (χ2n) is 4.64. The number of piperazine rings is 1. The maximum atomic E-state index is 11.3. The third-order valence-corrected chi connectivity index (χ3v) is 4.05. The summed E-state index contributed by atoms with van der Waals surface area (Å²) in [5, 5.41) is 13.6. The second kappa shape index (κ2) is 6.09. The van der Waals surface area contributed by atoms with Gasteiger partial charge >= 0.3 is 5.97 Å². The summed E-state index contributed by atoms with van der Waals surface area (Å²) >= 11 is 12.2. The number of carboxylic acid groups (broad SMARTS) is 1. The Hall–Kier alpha value is -0.810. The van der Waals surface area contributed by atoms with Gasteiger partial charge in [-0.05, 0) is 30.7 Å². The zero-order valence-corrected chi connectivity index (χ0v) is 12.1. The van der Waals surface area contributed by atoms with E-state index in [1.54, 1.807) is 18.2 Å². The van der Waals surface area contributed by atoms with E-state index >= 15 is 0 Å². The zero-order valence-electron chi connectivity index (χ0n) is 10.6. The fraction of sp³-hybridized carbons (Fsp3) is 0.462. The molecule has 0 bridgehead atoms. The molecular formula is C13H16Cl2N2O2. The molecule has 19 heavy (non-hydrogen) atoms. The number of carbonyl (C=O) groups is 1. The molecule has 1 saturated heterocycles. The van der Waals surface area contributed by atoms with Crippen LogP contribution in [0.15, 0.2) is 18.2 Å². The average molecular weight is 303 g/mol. The molecule has 1 aliphatic rings. The van der Waals surface area contributed by atoms with Gasteiger partial charge in [-0.1, -0.05) is 23.2 Å². The van der Waals surface area contributed by atoms with E-state index < -0.39 is 12.0 Å². The minimum Gasteiger partial charge on any atom is -0.480 e. The molecule has 0 spiro atoms. The molecule has 0 radical (unpaired) electrons. The van der Waals surface area contributed by atoms with E-state index in [1.165, 1.54) is 0 Å². The van der Waals surface area contributed by atoms with E-state index in [-0.39, 0.29) is 6.04 Å². The quantitative estimate of drug-likeness (QED) is 0.900. The molecule has 1 aromatic rings.